The summed E-state index contributed by atoms with van der Waals surface area (Å²) in [4.78, 5) is 16.9. The number of aromatic nitrogens is 2. The molecule has 0 aliphatic carbocycles. The van der Waals surface area contributed by atoms with Crippen LogP contribution in [0.25, 0.3) is 10.2 Å². The summed E-state index contributed by atoms with van der Waals surface area (Å²) < 4.78 is 8.72. The van der Waals surface area contributed by atoms with E-state index in [0.717, 1.165) is 26.6 Å². The first-order valence-corrected chi connectivity index (χ1v) is 8.49. The van der Waals surface area contributed by atoms with Gasteiger partial charge >= 0.3 is 5.97 Å². The molecule has 5 heteroatoms. The van der Waals surface area contributed by atoms with Crippen molar-refractivity contribution < 1.29 is 9.53 Å². The lowest BCUT2D eigenvalue weighted by molar-refractivity contribution is 0.0471. The van der Waals surface area contributed by atoms with Gasteiger partial charge in [0.15, 0.2) is 0 Å². The highest BCUT2D eigenvalue weighted by Gasteiger charge is 2.18. The lowest BCUT2D eigenvalue weighted by atomic mass is 10.2. The van der Waals surface area contributed by atoms with E-state index < -0.39 is 0 Å². The maximum absolute atomic E-state index is 12.4. The zero-order chi connectivity index (χ0) is 16.6. The first-order chi connectivity index (χ1) is 11.0. The van der Waals surface area contributed by atoms with E-state index in [4.69, 9.17) is 4.74 Å². The van der Waals surface area contributed by atoms with Crippen LogP contribution in [-0.2, 0) is 11.3 Å². The number of carbonyl (C=O) groups excluding carboxylic acids is 1. The number of hydrogen-bond donors (Lipinski definition) is 0. The number of fused-ring (bicyclic) bond motifs is 1. The first kappa shape index (κ1) is 15.7. The van der Waals surface area contributed by atoms with E-state index in [2.05, 4.69) is 23.4 Å². The fraction of sp³-hybridized carbons (Fsp3) is 0.333. The molecule has 0 fully saturated rings. The fourth-order valence-electron chi connectivity index (χ4n) is 2.97. The Kier molecular flexibility index (Phi) is 4.22. The monoisotopic (exact) mass is 328 g/mol. The van der Waals surface area contributed by atoms with Gasteiger partial charge in [0, 0.05) is 17.4 Å². The van der Waals surface area contributed by atoms with E-state index in [1.807, 2.05) is 44.2 Å². The third-order valence-corrected chi connectivity index (χ3v) is 4.90. The Bertz CT molecular complexity index is 828. The molecule has 120 valence electrons. The van der Waals surface area contributed by atoms with Gasteiger partial charge < -0.3 is 9.30 Å². The highest BCUT2D eigenvalue weighted by Crippen LogP contribution is 2.24. The topological polar surface area (TPSA) is 44.1 Å². The number of carbonyl (C=O) groups is 1. The number of rotatable bonds is 4. The Morgan fingerprint density at radius 3 is 2.70 bits per heavy atom. The number of hydrogen-bond acceptors (Lipinski definition) is 4. The van der Waals surface area contributed by atoms with Gasteiger partial charge in [-0.05, 0) is 45.9 Å². The molecule has 0 aliphatic heterocycles. The predicted molar refractivity (Wildman–Crippen MR) is 93.0 cm³/mol. The molecular formula is C18H20N2O2S. The van der Waals surface area contributed by atoms with Crippen molar-refractivity contribution in [3.05, 3.63) is 52.3 Å². The van der Waals surface area contributed by atoms with Crippen LogP contribution in [0.3, 0.4) is 0 Å². The van der Waals surface area contributed by atoms with Gasteiger partial charge in [0.2, 0.25) is 0 Å². The Hall–Kier alpha value is -2.14. The van der Waals surface area contributed by atoms with Crippen molar-refractivity contribution in [3.63, 3.8) is 0 Å². The van der Waals surface area contributed by atoms with Crippen molar-refractivity contribution in [2.75, 3.05) is 0 Å². The summed E-state index contributed by atoms with van der Waals surface area (Å²) >= 11 is 1.56. The number of nitrogens with zero attached hydrogens (tertiary/aromatic N) is 2. The van der Waals surface area contributed by atoms with E-state index >= 15 is 0 Å². The summed E-state index contributed by atoms with van der Waals surface area (Å²) in [5, 5.41) is 0.817. The van der Waals surface area contributed by atoms with Crippen molar-refractivity contribution in [1.29, 1.82) is 0 Å². The van der Waals surface area contributed by atoms with Gasteiger partial charge in [0.05, 0.1) is 15.8 Å². The molecular weight excluding hydrogens is 308 g/mol. The van der Waals surface area contributed by atoms with Crippen molar-refractivity contribution in [2.45, 2.75) is 40.3 Å². The zero-order valence-corrected chi connectivity index (χ0v) is 14.6. The largest absolute Gasteiger partial charge is 0.455 e. The highest BCUT2D eigenvalue weighted by molar-refractivity contribution is 7.18. The highest BCUT2D eigenvalue weighted by atomic mass is 32.1. The van der Waals surface area contributed by atoms with Crippen molar-refractivity contribution in [3.8, 4) is 0 Å². The third-order valence-electron chi connectivity index (χ3n) is 3.89. The van der Waals surface area contributed by atoms with E-state index in [1.165, 1.54) is 0 Å². The summed E-state index contributed by atoms with van der Waals surface area (Å²) in [6.45, 7) is 8.40. The number of aryl methyl sites for hydroxylation is 1. The molecule has 2 aromatic heterocycles. The number of ether oxygens (including phenoxy) is 1. The molecule has 1 aromatic carbocycles. The summed E-state index contributed by atoms with van der Waals surface area (Å²) in [6.07, 6.45) is 0. The molecule has 0 saturated heterocycles. The molecule has 0 radical (unpaired) electrons. The van der Waals surface area contributed by atoms with E-state index in [9.17, 15) is 4.79 Å². The molecule has 0 amide bonds. The molecule has 0 aliphatic rings. The minimum Gasteiger partial charge on any atom is -0.455 e. The van der Waals surface area contributed by atoms with Crippen LogP contribution in [0.2, 0.25) is 0 Å². The van der Waals surface area contributed by atoms with E-state index in [1.54, 1.807) is 11.3 Å². The fourth-order valence-corrected chi connectivity index (χ4v) is 3.85. The summed E-state index contributed by atoms with van der Waals surface area (Å²) in [5.41, 5.74) is 3.61. The smallest absolute Gasteiger partial charge is 0.340 e. The predicted octanol–water partition coefficient (Wildman–Crippen LogP) is 4.65. The van der Waals surface area contributed by atoms with Crippen LogP contribution >= 0.6 is 11.3 Å². The van der Waals surface area contributed by atoms with Gasteiger partial charge in [-0.3, -0.25) is 0 Å². The lowest BCUT2D eigenvalue weighted by Gasteiger charge is -2.13. The number of para-hydroxylation sites is 1. The van der Waals surface area contributed by atoms with Gasteiger partial charge in [-0.15, -0.1) is 11.3 Å². The third kappa shape index (κ3) is 3.01. The maximum Gasteiger partial charge on any atom is 0.340 e. The van der Waals surface area contributed by atoms with Crippen LogP contribution in [0.5, 0.6) is 0 Å². The van der Waals surface area contributed by atoms with Gasteiger partial charge in [0.25, 0.3) is 0 Å². The Labute approximate surface area is 139 Å². The minimum absolute atomic E-state index is 0.212. The van der Waals surface area contributed by atoms with Gasteiger partial charge in [-0.1, -0.05) is 12.1 Å². The second-order valence-corrected chi connectivity index (χ2v) is 7.02. The summed E-state index contributed by atoms with van der Waals surface area (Å²) in [5.74, 6) is -0.288. The molecule has 0 spiro atoms. The zero-order valence-electron chi connectivity index (χ0n) is 13.8. The summed E-state index contributed by atoms with van der Waals surface area (Å²) in [7, 11) is 0. The quantitative estimate of drug-likeness (QED) is 0.655. The van der Waals surface area contributed by atoms with Crippen LogP contribution in [0.15, 0.2) is 30.3 Å². The molecule has 4 nitrogen and oxygen atoms in total. The Balaban J connectivity index is 1.76. The number of esters is 1. The van der Waals surface area contributed by atoms with Crippen LogP contribution in [0, 0.1) is 13.8 Å². The van der Waals surface area contributed by atoms with Crippen molar-refractivity contribution in [1.82, 2.24) is 9.55 Å². The molecule has 3 aromatic rings. The standard InChI is InChI=1S/C18H20N2O2S/c1-11(2)20-12(3)9-14(13(20)4)18(21)22-10-17-19-15-7-5-6-8-16(15)23-17/h5-9,11H,10H2,1-4H3. The second-order valence-electron chi connectivity index (χ2n) is 5.90. The maximum atomic E-state index is 12.4. The molecule has 0 atom stereocenters. The van der Waals surface area contributed by atoms with Crippen LogP contribution in [-0.4, -0.2) is 15.5 Å². The normalized spacial score (nSPS) is 11.3. The average Bonchev–Trinajstić information content (AvgIpc) is 3.05. The molecule has 2 heterocycles. The van der Waals surface area contributed by atoms with Crippen molar-refractivity contribution in [2.24, 2.45) is 0 Å². The van der Waals surface area contributed by atoms with Crippen LogP contribution < -0.4 is 0 Å². The average molecular weight is 328 g/mol. The molecule has 0 bridgehead atoms. The van der Waals surface area contributed by atoms with Gasteiger partial charge in [-0.2, -0.15) is 0 Å². The molecule has 0 unspecified atom stereocenters. The van der Waals surface area contributed by atoms with E-state index in [0.29, 0.717) is 11.6 Å². The van der Waals surface area contributed by atoms with Crippen LogP contribution in [0.1, 0.15) is 46.6 Å². The Morgan fingerprint density at radius 1 is 1.30 bits per heavy atom. The van der Waals surface area contributed by atoms with E-state index in [-0.39, 0.29) is 12.6 Å². The summed E-state index contributed by atoms with van der Waals surface area (Å²) in [6, 6.07) is 10.1. The van der Waals surface area contributed by atoms with Crippen LogP contribution in [0.4, 0.5) is 0 Å². The minimum atomic E-state index is -0.288. The molecule has 3 rings (SSSR count). The molecule has 0 N–H and O–H groups in total. The SMILES string of the molecule is Cc1cc(C(=O)OCc2nc3ccccc3s2)c(C)n1C(C)C. The Morgan fingerprint density at radius 2 is 2.04 bits per heavy atom. The second kappa shape index (κ2) is 6.16. The molecule has 0 saturated carbocycles. The number of benzene rings is 1. The first-order valence-electron chi connectivity index (χ1n) is 7.67. The van der Waals surface area contributed by atoms with Crippen molar-refractivity contribution >= 4 is 27.5 Å². The van der Waals surface area contributed by atoms with Gasteiger partial charge in [0.1, 0.15) is 11.6 Å². The lowest BCUT2D eigenvalue weighted by Crippen LogP contribution is -2.09. The van der Waals surface area contributed by atoms with Gasteiger partial charge in [-0.25, -0.2) is 9.78 Å². The number of thiazole rings is 1. The molecule has 23 heavy (non-hydrogen) atoms.